The number of halogens is 2. The SMILES string of the molecule is O=c1c(Oc2ccc(Cl)cc2Cl)coc2cc(O)ccc12. The van der Waals surface area contributed by atoms with Gasteiger partial charge in [0.2, 0.25) is 11.2 Å². The van der Waals surface area contributed by atoms with E-state index in [1.54, 1.807) is 12.1 Å². The maximum Gasteiger partial charge on any atom is 0.235 e. The minimum absolute atomic E-state index is 0.00240. The molecule has 0 saturated carbocycles. The Labute approximate surface area is 129 Å². The van der Waals surface area contributed by atoms with Gasteiger partial charge < -0.3 is 14.3 Å². The van der Waals surface area contributed by atoms with Gasteiger partial charge in [-0.1, -0.05) is 23.2 Å². The fourth-order valence-electron chi connectivity index (χ4n) is 1.85. The highest BCUT2D eigenvalue weighted by molar-refractivity contribution is 6.35. The molecule has 0 aliphatic carbocycles. The zero-order valence-corrected chi connectivity index (χ0v) is 12.0. The topological polar surface area (TPSA) is 59.7 Å². The van der Waals surface area contributed by atoms with Crippen LogP contribution in [0.4, 0.5) is 0 Å². The average molecular weight is 323 g/mol. The van der Waals surface area contributed by atoms with Crippen LogP contribution in [0.5, 0.6) is 17.2 Å². The molecule has 2 aromatic carbocycles. The van der Waals surface area contributed by atoms with Crippen molar-refractivity contribution in [3.05, 3.63) is 62.9 Å². The summed E-state index contributed by atoms with van der Waals surface area (Å²) < 4.78 is 10.8. The van der Waals surface area contributed by atoms with Crippen molar-refractivity contribution in [3.63, 3.8) is 0 Å². The van der Waals surface area contributed by atoms with E-state index in [0.29, 0.717) is 16.2 Å². The molecule has 0 unspecified atom stereocenters. The molecule has 0 radical (unpaired) electrons. The van der Waals surface area contributed by atoms with Gasteiger partial charge in [-0.25, -0.2) is 0 Å². The van der Waals surface area contributed by atoms with E-state index in [1.165, 1.54) is 30.5 Å². The van der Waals surface area contributed by atoms with Crippen molar-refractivity contribution in [3.8, 4) is 17.2 Å². The van der Waals surface area contributed by atoms with E-state index in [4.69, 9.17) is 32.4 Å². The second-order valence-corrected chi connectivity index (χ2v) is 5.13. The van der Waals surface area contributed by atoms with E-state index >= 15 is 0 Å². The summed E-state index contributed by atoms with van der Waals surface area (Å²) in [7, 11) is 0. The molecule has 0 aliphatic rings. The largest absolute Gasteiger partial charge is 0.508 e. The Morgan fingerprint density at radius 3 is 2.62 bits per heavy atom. The minimum Gasteiger partial charge on any atom is -0.508 e. The van der Waals surface area contributed by atoms with Crippen LogP contribution >= 0.6 is 23.2 Å². The molecule has 1 aromatic heterocycles. The number of ether oxygens (including phenoxy) is 1. The Kier molecular flexibility index (Phi) is 3.49. The summed E-state index contributed by atoms with van der Waals surface area (Å²) in [5.74, 6) is 0.309. The second-order valence-electron chi connectivity index (χ2n) is 4.29. The number of hydrogen-bond acceptors (Lipinski definition) is 4. The summed E-state index contributed by atoms with van der Waals surface area (Å²) >= 11 is 11.8. The van der Waals surface area contributed by atoms with Gasteiger partial charge in [-0.15, -0.1) is 0 Å². The Morgan fingerprint density at radius 1 is 1.05 bits per heavy atom. The zero-order chi connectivity index (χ0) is 15.0. The molecule has 0 aliphatic heterocycles. The highest BCUT2D eigenvalue weighted by Crippen LogP contribution is 2.31. The van der Waals surface area contributed by atoms with Crippen molar-refractivity contribution >= 4 is 34.2 Å². The molecule has 3 rings (SSSR count). The highest BCUT2D eigenvalue weighted by Gasteiger charge is 2.11. The number of rotatable bonds is 2. The maximum atomic E-state index is 12.3. The number of aromatic hydroxyl groups is 1. The lowest BCUT2D eigenvalue weighted by molar-refractivity contribution is 0.449. The second kappa shape index (κ2) is 5.31. The van der Waals surface area contributed by atoms with Crippen molar-refractivity contribution in [2.24, 2.45) is 0 Å². The molecule has 1 N–H and O–H groups in total. The van der Waals surface area contributed by atoms with Gasteiger partial charge >= 0.3 is 0 Å². The first-order valence-corrected chi connectivity index (χ1v) is 6.67. The summed E-state index contributed by atoms with van der Waals surface area (Å²) in [6.07, 6.45) is 1.18. The third kappa shape index (κ3) is 2.68. The van der Waals surface area contributed by atoms with Crippen molar-refractivity contribution in [1.29, 1.82) is 0 Å². The molecule has 0 bridgehead atoms. The number of hydrogen-bond donors (Lipinski definition) is 1. The third-order valence-electron chi connectivity index (χ3n) is 2.84. The molecular weight excluding hydrogens is 315 g/mol. The van der Waals surface area contributed by atoms with Crippen LogP contribution < -0.4 is 10.2 Å². The first-order valence-electron chi connectivity index (χ1n) is 5.92. The zero-order valence-electron chi connectivity index (χ0n) is 10.5. The van der Waals surface area contributed by atoms with Gasteiger partial charge in [0.05, 0.1) is 10.4 Å². The van der Waals surface area contributed by atoms with Crippen molar-refractivity contribution in [2.75, 3.05) is 0 Å². The predicted octanol–water partition coefficient (Wildman–Crippen LogP) is 4.60. The van der Waals surface area contributed by atoms with Gasteiger partial charge in [0, 0.05) is 11.1 Å². The lowest BCUT2D eigenvalue weighted by Gasteiger charge is -2.07. The lowest BCUT2D eigenvalue weighted by Crippen LogP contribution is -2.04. The third-order valence-corrected chi connectivity index (χ3v) is 3.37. The highest BCUT2D eigenvalue weighted by atomic mass is 35.5. The van der Waals surface area contributed by atoms with Crippen LogP contribution in [0.15, 0.2) is 51.9 Å². The Bertz CT molecular complexity index is 886. The van der Waals surface area contributed by atoms with Crippen LogP contribution in [0.3, 0.4) is 0 Å². The van der Waals surface area contributed by atoms with Crippen LogP contribution in [-0.2, 0) is 0 Å². The standard InChI is InChI=1S/C15H8Cl2O4/c16-8-1-4-12(11(17)5-8)21-14-7-20-13-6-9(18)2-3-10(13)15(14)19/h1-7,18H. The molecular formula is C15H8Cl2O4. The van der Waals surface area contributed by atoms with Crippen molar-refractivity contribution in [1.82, 2.24) is 0 Å². The Hall–Kier alpha value is -2.17. The van der Waals surface area contributed by atoms with Gasteiger partial charge in [0.15, 0.2) is 0 Å². The van der Waals surface area contributed by atoms with Gasteiger partial charge in [-0.3, -0.25) is 4.79 Å². The quantitative estimate of drug-likeness (QED) is 0.749. The van der Waals surface area contributed by atoms with Gasteiger partial charge in [-0.2, -0.15) is 0 Å². The lowest BCUT2D eigenvalue weighted by atomic mass is 10.2. The molecule has 4 nitrogen and oxygen atoms in total. The molecule has 0 saturated heterocycles. The van der Waals surface area contributed by atoms with Crippen molar-refractivity contribution in [2.45, 2.75) is 0 Å². The summed E-state index contributed by atoms with van der Waals surface area (Å²) in [5.41, 5.74) is -0.0863. The molecule has 0 atom stereocenters. The summed E-state index contributed by atoms with van der Waals surface area (Å²) in [5, 5.41) is 10.4. The maximum absolute atomic E-state index is 12.3. The Balaban J connectivity index is 2.07. The van der Waals surface area contributed by atoms with Gasteiger partial charge in [-0.05, 0) is 30.3 Å². The molecule has 0 spiro atoms. The molecule has 1 heterocycles. The normalized spacial score (nSPS) is 10.8. The fourth-order valence-corrected chi connectivity index (χ4v) is 2.29. The van der Waals surface area contributed by atoms with Gasteiger partial charge in [0.25, 0.3) is 0 Å². The van der Waals surface area contributed by atoms with E-state index in [1.807, 2.05) is 0 Å². The molecule has 6 heteroatoms. The summed E-state index contributed by atoms with van der Waals surface area (Å²) in [6.45, 7) is 0. The first kappa shape index (κ1) is 13.8. The smallest absolute Gasteiger partial charge is 0.235 e. The number of fused-ring (bicyclic) bond motifs is 1. The first-order chi connectivity index (χ1) is 10.0. The van der Waals surface area contributed by atoms with Crippen LogP contribution in [-0.4, -0.2) is 5.11 Å². The van der Waals surface area contributed by atoms with Crippen LogP contribution in [0.1, 0.15) is 0 Å². The van der Waals surface area contributed by atoms with E-state index in [9.17, 15) is 9.90 Å². The molecule has 21 heavy (non-hydrogen) atoms. The van der Waals surface area contributed by atoms with Gasteiger partial charge in [0.1, 0.15) is 23.3 Å². The molecule has 0 fully saturated rings. The molecule has 3 aromatic rings. The summed E-state index contributed by atoms with van der Waals surface area (Å²) in [4.78, 5) is 12.3. The van der Waals surface area contributed by atoms with Crippen molar-refractivity contribution < 1.29 is 14.3 Å². The average Bonchev–Trinajstić information content (AvgIpc) is 2.44. The molecule has 106 valence electrons. The minimum atomic E-state index is -0.359. The molecule has 0 amide bonds. The predicted molar refractivity (Wildman–Crippen MR) is 80.7 cm³/mol. The Morgan fingerprint density at radius 2 is 1.86 bits per heavy atom. The van der Waals surface area contributed by atoms with E-state index in [-0.39, 0.29) is 27.5 Å². The number of phenols is 1. The van der Waals surface area contributed by atoms with E-state index < -0.39 is 0 Å². The number of phenolic OH excluding ortho intramolecular Hbond substituents is 1. The van der Waals surface area contributed by atoms with E-state index in [2.05, 4.69) is 0 Å². The van der Waals surface area contributed by atoms with Crippen LogP contribution in [0.2, 0.25) is 10.0 Å². The fraction of sp³-hybridized carbons (Fsp3) is 0. The monoisotopic (exact) mass is 322 g/mol. The van der Waals surface area contributed by atoms with Crippen LogP contribution in [0, 0.1) is 0 Å². The summed E-state index contributed by atoms with van der Waals surface area (Å²) in [6, 6.07) is 8.90. The van der Waals surface area contributed by atoms with E-state index in [0.717, 1.165) is 0 Å². The number of benzene rings is 2. The van der Waals surface area contributed by atoms with Crippen LogP contribution in [0.25, 0.3) is 11.0 Å².